The molecule has 78 valence electrons. The Labute approximate surface area is 84.7 Å². The van der Waals surface area contributed by atoms with Gasteiger partial charge in [0, 0.05) is 0 Å². The van der Waals surface area contributed by atoms with Crippen LogP contribution in [0.3, 0.4) is 0 Å². The number of rotatable bonds is 0. The summed E-state index contributed by atoms with van der Waals surface area (Å²) in [6.45, 7) is 4.24. The Morgan fingerprint density at radius 3 is 1.50 bits per heavy atom. The van der Waals surface area contributed by atoms with Gasteiger partial charge in [-0.2, -0.15) is 0 Å². The summed E-state index contributed by atoms with van der Waals surface area (Å²) in [4.78, 5) is 9.74. The van der Waals surface area contributed by atoms with Crippen molar-refractivity contribution in [3.63, 3.8) is 0 Å². The molecule has 0 spiro atoms. The molecule has 3 nitrogen and oxygen atoms in total. The molecule has 0 aliphatic rings. The molecule has 14 heavy (non-hydrogen) atoms. The molecule has 0 aromatic heterocycles. The fourth-order valence-electron chi connectivity index (χ4n) is 0.746. The Balaban J connectivity index is 0.000000255. The van der Waals surface area contributed by atoms with Crippen molar-refractivity contribution in [2.45, 2.75) is 13.8 Å². The molecule has 0 heterocycles. The van der Waals surface area contributed by atoms with Crippen molar-refractivity contribution in [2.24, 2.45) is 0 Å². The fraction of sp³-hybridized carbons (Fsp3) is 0.364. The first-order valence-corrected chi connectivity index (χ1v) is 4.26. The van der Waals surface area contributed by atoms with Crippen molar-refractivity contribution in [3.8, 4) is 0 Å². The molecule has 0 radical (unpaired) electrons. The van der Waals surface area contributed by atoms with Gasteiger partial charge < -0.3 is 9.47 Å². The number of methoxy groups -OCH3 is 2. The van der Waals surface area contributed by atoms with Crippen LogP contribution < -0.4 is 0 Å². The van der Waals surface area contributed by atoms with Gasteiger partial charge in [0.2, 0.25) is 0 Å². The molecule has 0 N–H and O–H groups in total. The first-order valence-electron chi connectivity index (χ1n) is 4.26. The van der Waals surface area contributed by atoms with Crippen LogP contribution in [0.25, 0.3) is 0 Å². The number of ether oxygens (including phenoxy) is 2. The van der Waals surface area contributed by atoms with E-state index in [2.05, 4.69) is 47.6 Å². The van der Waals surface area contributed by atoms with Crippen LogP contribution in [0.1, 0.15) is 11.1 Å². The molecule has 0 atom stereocenters. The topological polar surface area (TPSA) is 35.5 Å². The highest BCUT2D eigenvalue weighted by molar-refractivity contribution is 5.59. The molecule has 0 saturated carbocycles. The zero-order chi connectivity index (χ0) is 11.0. The number of aryl methyl sites for hydroxylation is 2. The van der Waals surface area contributed by atoms with Gasteiger partial charge in [-0.3, -0.25) is 0 Å². The maximum atomic E-state index is 9.74. The largest absolute Gasteiger partial charge is 0.507 e. The summed E-state index contributed by atoms with van der Waals surface area (Å²) in [6, 6.07) is 8.36. The molecule has 3 heteroatoms. The van der Waals surface area contributed by atoms with Crippen molar-refractivity contribution >= 4 is 6.16 Å². The summed E-state index contributed by atoms with van der Waals surface area (Å²) in [7, 11) is 2.51. The quantitative estimate of drug-likeness (QED) is 0.598. The van der Waals surface area contributed by atoms with Crippen LogP contribution in [0.2, 0.25) is 0 Å². The van der Waals surface area contributed by atoms with Crippen molar-refractivity contribution in [1.29, 1.82) is 0 Å². The van der Waals surface area contributed by atoms with E-state index in [1.54, 1.807) is 0 Å². The zero-order valence-corrected chi connectivity index (χ0v) is 9.03. The number of carbonyl (C=O) groups excluding carboxylic acids is 1. The SMILES string of the molecule is COC(=O)OC.Cc1ccccc1C. The summed E-state index contributed by atoms with van der Waals surface area (Å²) in [5.74, 6) is 0. The molecule has 0 amide bonds. The maximum Gasteiger partial charge on any atom is 0.507 e. The van der Waals surface area contributed by atoms with Gasteiger partial charge >= 0.3 is 6.16 Å². The number of hydrogen-bond donors (Lipinski definition) is 0. The second kappa shape index (κ2) is 6.95. The second-order valence-electron chi connectivity index (χ2n) is 2.74. The first kappa shape index (κ1) is 12.5. The van der Waals surface area contributed by atoms with E-state index in [4.69, 9.17) is 0 Å². The van der Waals surface area contributed by atoms with Crippen LogP contribution in [0.15, 0.2) is 24.3 Å². The lowest BCUT2D eigenvalue weighted by Gasteiger charge is -1.93. The fourth-order valence-corrected chi connectivity index (χ4v) is 0.746. The van der Waals surface area contributed by atoms with E-state index >= 15 is 0 Å². The minimum Gasteiger partial charge on any atom is -0.438 e. The molecular weight excluding hydrogens is 180 g/mol. The highest BCUT2D eigenvalue weighted by atomic mass is 16.7. The summed E-state index contributed by atoms with van der Waals surface area (Å²) >= 11 is 0. The molecular formula is C11H16O3. The molecule has 0 aliphatic carbocycles. The van der Waals surface area contributed by atoms with Gasteiger partial charge in [-0.05, 0) is 25.0 Å². The molecule has 0 unspecified atom stereocenters. The Hall–Kier alpha value is -1.51. The normalized spacial score (nSPS) is 8.29. The molecule has 1 rings (SSSR count). The number of hydrogen-bond acceptors (Lipinski definition) is 3. The number of carbonyl (C=O) groups is 1. The van der Waals surface area contributed by atoms with Gasteiger partial charge in [-0.1, -0.05) is 24.3 Å². The molecule has 0 aliphatic heterocycles. The van der Waals surface area contributed by atoms with E-state index in [1.165, 1.54) is 25.3 Å². The van der Waals surface area contributed by atoms with E-state index in [0.29, 0.717) is 0 Å². The Morgan fingerprint density at radius 2 is 1.36 bits per heavy atom. The van der Waals surface area contributed by atoms with Gasteiger partial charge in [0.15, 0.2) is 0 Å². The van der Waals surface area contributed by atoms with Crippen LogP contribution in [-0.4, -0.2) is 20.4 Å². The molecule has 0 fully saturated rings. The van der Waals surface area contributed by atoms with Crippen LogP contribution in [0.5, 0.6) is 0 Å². The molecule has 1 aromatic carbocycles. The predicted octanol–water partition coefficient (Wildman–Crippen LogP) is 2.70. The lowest BCUT2D eigenvalue weighted by Crippen LogP contribution is -1.97. The highest BCUT2D eigenvalue weighted by Gasteiger charge is 1.88. The zero-order valence-electron chi connectivity index (χ0n) is 9.03. The third kappa shape index (κ3) is 5.19. The van der Waals surface area contributed by atoms with Crippen molar-refractivity contribution in [2.75, 3.05) is 14.2 Å². The first-order chi connectivity index (χ1) is 6.61. The van der Waals surface area contributed by atoms with E-state index < -0.39 is 6.16 Å². The van der Waals surface area contributed by atoms with Gasteiger partial charge in [0.1, 0.15) is 0 Å². The third-order valence-electron chi connectivity index (χ3n) is 1.76. The number of benzene rings is 1. The van der Waals surface area contributed by atoms with Gasteiger partial charge in [0.05, 0.1) is 14.2 Å². The Morgan fingerprint density at radius 1 is 1.00 bits per heavy atom. The predicted molar refractivity (Wildman–Crippen MR) is 55.3 cm³/mol. The lowest BCUT2D eigenvalue weighted by atomic mass is 10.1. The molecule has 0 bridgehead atoms. The van der Waals surface area contributed by atoms with E-state index in [1.807, 2.05) is 0 Å². The van der Waals surface area contributed by atoms with Crippen LogP contribution >= 0.6 is 0 Å². The third-order valence-corrected chi connectivity index (χ3v) is 1.76. The highest BCUT2D eigenvalue weighted by Crippen LogP contribution is 2.02. The van der Waals surface area contributed by atoms with E-state index in [-0.39, 0.29) is 0 Å². The van der Waals surface area contributed by atoms with Crippen molar-refractivity contribution in [3.05, 3.63) is 35.4 Å². The van der Waals surface area contributed by atoms with E-state index in [9.17, 15) is 4.79 Å². The maximum absolute atomic E-state index is 9.74. The average molecular weight is 196 g/mol. The summed E-state index contributed by atoms with van der Waals surface area (Å²) < 4.78 is 8.08. The molecule has 0 saturated heterocycles. The van der Waals surface area contributed by atoms with Crippen LogP contribution in [0, 0.1) is 13.8 Å². The Bertz CT molecular complexity index is 255. The van der Waals surface area contributed by atoms with Crippen LogP contribution in [0.4, 0.5) is 4.79 Å². The minimum absolute atomic E-state index is 0.657. The monoisotopic (exact) mass is 196 g/mol. The van der Waals surface area contributed by atoms with Gasteiger partial charge in [0.25, 0.3) is 0 Å². The second-order valence-corrected chi connectivity index (χ2v) is 2.74. The van der Waals surface area contributed by atoms with Gasteiger partial charge in [-0.25, -0.2) is 4.79 Å². The average Bonchev–Trinajstić information content (AvgIpc) is 2.22. The minimum atomic E-state index is -0.657. The lowest BCUT2D eigenvalue weighted by molar-refractivity contribution is 0.0924. The molecule has 1 aromatic rings. The summed E-state index contributed by atoms with van der Waals surface area (Å²) in [5, 5.41) is 0. The van der Waals surface area contributed by atoms with Gasteiger partial charge in [-0.15, -0.1) is 0 Å². The smallest absolute Gasteiger partial charge is 0.438 e. The summed E-state index contributed by atoms with van der Waals surface area (Å²) in [5.41, 5.74) is 2.74. The summed E-state index contributed by atoms with van der Waals surface area (Å²) in [6.07, 6.45) is -0.657. The Kier molecular flexibility index (Phi) is 6.20. The van der Waals surface area contributed by atoms with E-state index in [0.717, 1.165) is 0 Å². The van der Waals surface area contributed by atoms with Crippen molar-refractivity contribution < 1.29 is 14.3 Å². The standard InChI is InChI=1S/C8H10.C3H6O3/c1-7-5-3-4-6-8(7)2;1-5-3(4)6-2/h3-6H,1-2H3;1-2H3. The van der Waals surface area contributed by atoms with Crippen molar-refractivity contribution in [1.82, 2.24) is 0 Å². The van der Waals surface area contributed by atoms with Crippen LogP contribution in [-0.2, 0) is 9.47 Å².